The number of rotatable bonds is 6. The average Bonchev–Trinajstić information content (AvgIpc) is 3.21. The first kappa shape index (κ1) is 18.3. The number of sulfonamides is 1. The summed E-state index contributed by atoms with van der Waals surface area (Å²) >= 11 is 1.49. The fraction of sp³-hybridized carbons (Fsp3) is 0.105. The molecule has 0 radical (unpaired) electrons. The molecular weight excluding hydrogens is 368 g/mol. The molecule has 5 nitrogen and oxygen atoms in total. The molecule has 2 N–H and O–H groups in total. The first-order valence-electron chi connectivity index (χ1n) is 7.94. The summed E-state index contributed by atoms with van der Waals surface area (Å²) in [5.41, 5.74) is 1.27. The van der Waals surface area contributed by atoms with Crippen LogP contribution in [0.3, 0.4) is 0 Å². The van der Waals surface area contributed by atoms with Gasteiger partial charge in [0.25, 0.3) is 5.91 Å². The lowest BCUT2D eigenvalue weighted by atomic mass is 10.1. The molecule has 0 spiro atoms. The van der Waals surface area contributed by atoms with E-state index in [0.717, 1.165) is 10.4 Å². The summed E-state index contributed by atoms with van der Waals surface area (Å²) in [5.74, 6) is -0.261. The van der Waals surface area contributed by atoms with Crippen LogP contribution in [0.15, 0.2) is 77.0 Å². The number of carbonyl (C=O) groups is 1. The molecule has 0 aliphatic rings. The smallest absolute Gasteiger partial charge is 0.251 e. The van der Waals surface area contributed by atoms with Crippen molar-refractivity contribution in [3.8, 4) is 0 Å². The minimum absolute atomic E-state index is 0.114. The molecule has 1 aromatic heterocycles. The molecule has 0 saturated heterocycles. The third kappa shape index (κ3) is 4.01. The summed E-state index contributed by atoms with van der Waals surface area (Å²) < 4.78 is 28.5. The Labute approximate surface area is 156 Å². The standard InChI is InChI=1S/C19H18N2O3S2/c1-20-19(22)15-9-11-16(12-10-15)26(23,24)21-18(17-8-5-13-25-17)14-6-3-2-4-7-14/h2-13,18,21H,1H3,(H,20,22)/t18-/m0/s1. The summed E-state index contributed by atoms with van der Waals surface area (Å²) in [6.45, 7) is 0. The van der Waals surface area contributed by atoms with Gasteiger partial charge in [0.2, 0.25) is 10.0 Å². The van der Waals surface area contributed by atoms with E-state index in [1.54, 1.807) is 0 Å². The minimum Gasteiger partial charge on any atom is -0.355 e. The van der Waals surface area contributed by atoms with Crippen molar-refractivity contribution >= 4 is 27.3 Å². The maximum absolute atomic E-state index is 12.9. The molecule has 1 atom stereocenters. The molecule has 1 amide bonds. The molecular formula is C19H18N2O3S2. The largest absolute Gasteiger partial charge is 0.355 e. The van der Waals surface area contributed by atoms with Crippen LogP contribution in [0, 0.1) is 0 Å². The zero-order valence-electron chi connectivity index (χ0n) is 14.0. The van der Waals surface area contributed by atoms with E-state index in [9.17, 15) is 13.2 Å². The molecule has 0 aliphatic carbocycles. The lowest BCUT2D eigenvalue weighted by molar-refractivity contribution is 0.0963. The van der Waals surface area contributed by atoms with Crippen molar-refractivity contribution in [2.45, 2.75) is 10.9 Å². The van der Waals surface area contributed by atoms with Crippen LogP contribution in [-0.2, 0) is 10.0 Å². The Bertz CT molecular complexity index is 967. The molecule has 134 valence electrons. The van der Waals surface area contributed by atoms with Crippen molar-refractivity contribution in [2.75, 3.05) is 7.05 Å². The Hall–Kier alpha value is -2.48. The van der Waals surface area contributed by atoms with Gasteiger partial charge in [-0.05, 0) is 41.3 Å². The van der Waals surface area contributed by atoms with Crippen molar-refractivity contribution in [3.05, 3.63) is 88.1 Å². The number of carbonyl (C=O) groups excluding carboxylic acids is 1. The molecule has 0 unspecified atom stereocenters. The third-order valence-electron chi connectivity index (χ3n) is 3.89. The number of thiophene rings is 1. The summed E-state index contributed by atoms with van der Waals surface area (Å²) in [5, 5.41) is 4.42. The zero-order valence-corrected chi connectivity index (χ0v) is 15.7. The predicted molar refractivity (Wildman–Crippen MR) is 103 cm³/mol. The highest BCUT2D eigenvalue weighted by Gasteiger charge is 2.23. The van der Waals surface area contributed by atoms with E-state index in [-0.39, 0.29) is 10.8 Å². The maximum atomic E-state index is 12.9. The number of nitrogens with one attached hydrogen (secondary N) is 2. The van der Waals surface area contributed by atoms with Crippen molar-refractivity contribution in [3.63, 3.8) is 0 Å². The first-order chi connectivity index (χ1) is 12.5. The van der Waals surface area contributed by atoms with E-state index in [1.807, 2.05) is 47.8 Å². The van der Waals surface area contributed by atoms with E-state index in [1.165, 1.54) is 42.6 Å². The summed E-state index contributed by atoms with van der Waals surface area (Å²) in [7, 11) is -2.23. The predicted octanol–water partition coefficient (Wildman–Crippen LogP) is 3.18. The van der Waals surface area contributed by atoms with Gasteiger partial charge in [0.15, 0.2) is 0 Å². The van der Waals surface area contributed by atoms with Crippen molar-refractivity contribution in [2.24, 2.45) is 0 Å². The molecule has 1 heterocycles. The van der Waals surface area contributed by atoms with Gasteiger partial charge in [-0.25, -0.2) is 8.42 Å². The normalized spacial score (nSPS) is 12.5. The third-order valence-corrected chi connectivity index (χ3v) is 6.26. The van der Waals surface area contributed by atoms with Gasteiger partial charge < -0.3 is 5.32 Å². The molecule has 3 rings (SSSR count). The second-order valence-electron chi connectivity index (χ2n) is 5.58. The Morgan fingerprint density at radius 2 is 1.65 bits per heavy atom. The lowest BCUT2D eigenvalue weighted by Crippen LogP contribution is -2.29. The lowest BCUT2D eigenvalue weighted by Gasteiger charge is -2.18. The number of amides is 1. The summed E-state index contributed by atoms with van der Waals surface area (Å²) in [6, 6.07) is 18.6. The molecule has 26 heavy (non-hydrogen) atoms. The number of hydrogen-bond acceptors (Lipinski definition) is 4. The van der Waals surface area contributed by atoms with Gasteiger partial charge in [0, 0.05) is 17.5 Å². The minimum atomic E-state index is -3.76. The molecule has 3 aromatic rings. The van der Waals surface area contributed by atoms with E-state index >= 15 is 0 Å². The van der Waals surface area contributed by atoms with Crippen LogP contribution in [0.1, 0.15) is 26.8 Å². The second-order valence-corrected chi connectivity index (χ2v) is 8.28. The Morgan fingerprint density at radius 3 is 2.23 bits per heavy atom. The summed E-state index contributed by atoms with van der Waals surface area (Å²) in [4.78, 5) is 12.6. The molecule has 7 heteroatoms. The first-order valence-corrected chi connectivity index (χ1v) is 10.3. The van der Waals surface area contributed by atoms with E-state index in [4.69, 9.17) is 0 Å². The molecule has 2 aromatic carbocycles. The van der Waals surface area contributed by atoms with Crippen molar-refractivity contribution in [1.29, 1.82) is 0 Å². The Balaban J connectivity index is 1.92. The SMILES string of the molecule is CNC(=O)c1ccc(S(=O)(=O)N[C@@H](c2ccccc2)c2cccs2)cc1. The quantitative estimate of drug-likeness (QED) is 0.683. The maximum Gasteiger partial charge on any atom is 0.251 e. The van der Waals surface area contributed by atoms with E-state index in [0.29, 0.717) is 5.56 Å². The van der Waals surface area contributed by atoms with Crippen molar-refractivity contribution in [1.82, 2.24) is 10.0 Å². The van der Waals surface area contributed by atoms with Crippen LogP contribution >= 0.6 is 11.3 Å². The van der Waals surface area contributed by atoms with Crippen LogP contribution in [0.4, 0.5) is 0 Å². The second kappa shape index (κ2) is 7.82. The fourth-order valence-corrected chi connectivity index (χ4v) is 4.63. The number of hydrogen-bond donors (Lipinski definition) is 2. The number of benzene rings is 2. The summed E-state index contributed by atoms with van der Waals surface area (Å²) in [6.07, 6.45) is 0. The van der Waals surface area contributed by atoms with Gasteiger partial charge in [0.1, 0.15) is 0 Å². The van der Waals surface area contributed by atoms with Gasteiger partial charge in [-0.2, -0.15) is 4.72 Å². The highest BCUT2D eigenvalue weighted by atomic mass is 32.2. The van der Waals surface area contributed by atoms with Gasteiger partial charge >= 0.3 is 0 Å². The molecule has 0 aliphatic heterocycles. The van der Waals surface area contributed by atoms with Gasteiger partial charge in [0.05, 0.1) is 10.9 Å². The van der Waals surface area contributed by atoms with Crippen molar-refractivity contribution < 1.29 is 13.2 Å². The zero-order chi connectivity index (χ0) is 18.6. The average molecular weight is 386 g/mol. The molecule has 0 saturated carbocycles. The Kier molecular flexibility index (Phi) is 5.51. The Morgan fingerprint density at radius 1 is 0.962 bits per heavy atom. The van der Waals surface area contributed by atoms with Crippen LogP contribution in [0.25, 0.3) is 0 Å². The molecule has 0 bridgehead atoms. The van der Waals surface area contributed by atoms with Crippen LogP contribution < -0.4 is 10.0 Å². The highest BCUT2D eigenvalue weighted by molar-refractivity contribution is 7.89. The van der Waals surface area contributed by atoms with Crippen LogP contribution in [0.5, 0.6) is 0 Å². The fourth-order valence-electron chi connectivity index (χ4n) is 2.54. The van der Waals surface area contributed by atoms with E-state index < -0.39 is 16.1 Å². The molecule has 0 fully saturated rings. The van der Waals surface area contributed by atoms with Gasteiger partial charge in [-0.1, -0.05) is 36.4 Å². The van der Waals surface area contributed by atoms with Crippen LogP contribution in [0.2, 0.25) is 0 Å². The van der Waals surface area contributed by atoms with Crippen LogP contribution in [-0.4, -0.2) is 21.4 Å². The van der Waals surface area contributed by atoms with E-state index in [2.05, 4.69) is 10.0 Å². The monoisotopic (exact) mass is 386 g/mol. The highest BCUT2D eigenvalue weighted by Crippen LogP contribution is 2.28. The topological polar surface area (TPSA) is 75.3 Å². The van der Waals surface area contributed by atoms with Gasteiger partial charge in [-0.3, -0.25) is 4.79 Å². The van der Waals surface area contributed by atoms with Gasteiger partial charge in [-0.15, -0.1) is 11.3 Å².